The van der Waals surface area contributed by atoms with Gasteiger partial charge in [0.15, 0.2) is 11.2 Å². The number of aryl methyl sites for hydroxylation is 2. The highest BCUT2D eigenvalue weighted by molar-refractivity contribution is 6.24. The van der Waals surface area contributed by atoms with Crippen molar-refractivity contribution in [1.82, 2.24) is 18.7 Å². The number of carbonyl (C=O) groups is 2. The number of imidazole rings is 1. The van der Waals surface area contributed by atoms with Gasteiger partial charge in [0, 0.05) is 14.1 Å². The van der Waals surface area contributed by atoms with Crippen LogP contribution in [0.1, 0.15) is 4.79 Å². The van der Waals surface area contributed by atoms with Gasteiger partial charge in [0.05, 0.1) is 6.33 Å². The van der Waals surface area contributed by atoms with E-state index in [1.165, 1.54) is 17.9 Å². The number of carbonyl (C=O) groups excluding carboxylic acids is 2. The topological polar surface area (TPSA) is 96.0 Å². The fourth-order valence-electron chi connectivity index (χ4n) is 1.59. The number of aromatic nitrogens is 4. The van der Waals surface area contributed by atoms with E-state index in [9.17, 15) is 19.2 Å². The second-order valence-corrected chi connectivity index (χ2v) is 3.47. The predicted octanol–water partition coefficient (Wildman–Crippen LogP) is -1.73. The summed E-state index contributed by atoms with van der Waals surface area (Å²) in [5, 5.41) is 0. The van der Waals surface area contributed by atoms with Crippen molar-refractivity contribution in [2.45, 2.75) is 0 Å². The van der Waals surface area contributed by atoms with Crippen molar-refractivity contribution in [1.29, 1.82) is 0 Å². The van der Waals surface area contributed by atoms with Gasteiger partial charge in [-0.2, -0.15) is 4.57 Å². The van der Waals surface area contributed by atoms with E-state index in [0.717, 1.165) is 4.57 Å². The Morgan fingerprint density at radius 3 is 2.59 bits per heavy atom. The van der Waals surface area contributed by atoms with Gasteiger partial charge in [0.25, 0.3) is 5.56 Å². The van der Waals surface area contributed by atoms with E-state index in [4.69, 9.17) is 0 Å². The van der Waals surface area contributed by atoms with Crippen molar-refractivity contribution in [3.05, 3.63) is 27.2 Å². The third-order valence-electron chi connectivity index (χ3n) is 2.44. The largest absolute Gasteiger partial charge is 0.339 e. The van der Waals surface area contributed by atoms with Crippen molar-refractivity contribution >= 4 is 23.4 Å². The smallest absolute Gasteiger partial charge is 0.328 e. The SMILES string of the molecule is Cn1cnc2c1c(=O)n(C(=O)C=O)c(=O)n2C. The van der Waals surface area contributed by atoms with Crippen LogP contribution in [-0.2, 0) is 18.9 Å². The average molecular weight is 236 g/mol. The van der Waals surface area contributed by atoms with Gasteiger partial charge in [0.1, 0.15) is 0 Å². The van der Waals surface area contributed by atoms with Gasteiger partial charge in [-0.3, -0.25) is 19.0 Å². The van der Waals surface area contributed by atoms with Crippen LogP contribution < -0.4 is 11.2 Å². The number of hydrogen-bond acceptors (Lipinski definition) is 5. The lowest BCUT2D eigenvalue weighted by molar-refractivity contribution is -0.105. The summed E-state index contributed by atoms with van der Waals surface area (Å²) in [7, 11) is 2.92. The third-order valence-corrected chi connectivity index (χ3v) is 2.44. The summed E-state index contributed by atoms with van der Waals surface area (Å²) in [4.78, 5) is 49.1. The minimum absolute atomic E-state index is 0.0784. The second-order valence-electron chi connectivity index (χ2n) is 3.47. The van der Waals surface area contributed by atoms with Gasteiger partial charge >= 0.3 is 11.6 Å². The number of fused-ring (bicyclic) bond motifs is 1. The number of rotatable bonds is 1. The Labute approximate surface area is 93.7 Å². The van der Waals surface area contributed by atoms with Crippen molar-refractivity contribution in [3.8, 4) is 0 Å². The van der Waals surface area contributed by atoms with Crippen molar-refractivity contribution < 1.29 is 9.59 Å². The molecular weight excluding hydrogens is 228 g/mol. The van der Waals surface area contributed by atoms with E-state index < -0.39 is 17.2 Å². The monoisotopic (exact) mass is 236 g/mol. The Hall–Kier alpha value is -2.51. The molecule has 0 radical (unpaired) electrons. The van der Waals surface area contributed by atoms with Crippen LogP contribution in [0.2, 0.25) is 0 Å². The Morgan fingerprint density at radius 1 is 1.35 bits per heavy atom. The average Bonchev–Trinajstić information content (AvgIpc) is 2.68. The molecule has 0 aliphatic heterocycles. The van der Waals surface area contributed by atoms with Gasteiger partial charge in [-0.15, -0.1) is 0 Å². The summed E-state index contributed by atoms with van der Waals surface area (Å²) in [6.07, 6.45) is 1.27. The lowest BCUT2D eigenvalue weighted by Gasteiger charge is -2.04. The molecule has 8 heteroatoms. The Kier molecular flexibility index (Phi) is 2.27. The molecule has 0 N–H and O–H groups in total. The number of nitrogens with zero attached hydrogens (tertiary/aromatic N) is 4. The molecule has 2 aromatic rings. The van der Waals surface area contributed by atoms with Crippen LogP contribution in [0.3, 0.4) is 0 Å². The molecule has 2 aromatic heterocycles. The van der Waals surface area contributed by atoms with E-state index in [1.54, 1.807) is 7.05 Å². The number of hydrogen-bond donors (Lipinski definition) is 0. The molecule has 0 bridgehead atoms. The molecule has 0 aliphatic rings. The molecule has 0 amide bonds. The molecule has 88 valence electrons. The molecule has 0 unspecified atom stereocenters. The van der Waals surface area contributed by atoms with Crippen LogP contribution in [0.25, 0.3) is 11.2 Å². The van der Waals surface area contributed by atoms with Gasteiger partial charge in [-0.05, 0) is 0 Å². The van der Waals surface area contributed by atoms with Crippen molar-refractivity contribution in [3.63, 3.8) is 0 Å². The van der Waals surface area contributed by atoms with Crippen LogP contribution in [0.5, 0.6) is 0 Å². The van der Waals surface area contributed by atoms with E-state index >= 15 is 0 Å². The highest BCUT2D eigenvalue weighted by Crippen LogP contribution is 2.02. The standard InChI is InChI=1S/C9H8N4O4/c1-11-4-10-7-6(11)8(16)13(5(15)3-14)9(17)12(7)2/h3-4H,1-2H3. The second kappa shape index (κ2) is 3.51. The molecule has 0 fully saturated rings. The highest BCUT2D eigenvalue weighted by atomic mass is 16.2. The van der Waals surface area contributed by atoms with E-state index in [-0.39, 0.29) is 22.0 Å². The highest BCUT2D eigenvalue weighted by Gasteiger charge is 2.18. The molecule has 2 heterocycles. The molecule has 2 rings (SSSR count). The van der Waals surface area contributed by atoms with Gasteiger partial charge in [0.2, 0.25) is 6.29 Å². The molecule has 0 aliphatic carbocycles. The van der Waals surface area contributed by atoms with Crippen LogP contribution >= 0.6 is 0 Å². The molecule has 17 heavy (non-hydrogen) atoms. The van der Waals surface area contributed by atoms with E-state index in [1.807, 2.05) is 0 Å². The normalized spacial score (nSPS) is 10.7. The maximum atomic E-state index is 11.9. The minimum atomic E-state index is -1.20. The van der Waals surface area contributed by atoms with Gasteiger partial charge in [-0.1, -0.05) is 0 Å². The minimum Gasteiger partial charge on any atom is -0.328 e. The first-order chi connectivity index (χ1) is 7.99. The summed E-state index contributed by atoms with van der Waals surface area (Å²) >= 11 is 0. The zero-order chi connectivity index (χ0) is 12.7. The summed E-state index contributed by atoms with van der Waals surface area (Å²) in [5.74, 6) is -1.20. The van der Waals surface area contributed by atoms with Crippen molar-refractivity contribution in [2.75, 3.05) is 0 Å². The molecule has 0 saturated heterocycles. The Bertz CT molecular complexity index is 749. The van der Waals surface area contributed by atoms with Crippen LogP contribution in [0.4, 0.5) is 0 Å². The van der Waals surface area contributed by atoms with Crippen molar-refractivity contribution in [2.24, 2.45) is 14.1 Å². The molecule has 0 aromatic carbocycles. The lowest BCUT2D eigenvalue weighted by atomic mass is 10.5. The number of aldehydes is 1. The summed E-state index contributed by atoms with van der Waals surface area (Å²) < 4.78 is 2.71. The summed E-state index contributed by atoms with van der Waals surface area (Å²) in [5.41, 5.74) is -1.49. The first kappa shape index (κ1) is 11.0. The fourth-order valence-corrected chi connectivity index (χ4v) is 1.59. The Morgan fingerprint density at radius 2 is 2.00 bits per heavy atom. The van der Waals surface area contributed by atoms with Gasteiger partial charge < -0.3 is 4.57 Å². The zero-order valence-corrected chi connectivity index (χ0v) is 9.08. The third kappa shape index (κ3) is 1.34. The zero-order valence-electron chi connectivity index (χ0n) is 9.08. The molecule has 8 nitrogen and oxygen atoms in total. The quantitative estimate of drug-likeness (QED) is 0.433. The molecule has 0 saturated carbocycles. The van der Waals surface area contributed by atoms with Crippen LogP contribution in [0.15, 0.2) is 15.9 Å². The Balaban J connectivity index is 3.11. The van der Waals surface area contributed by atoms with Crippen LogP contribution in [-0.4, -0.2) is 30.9 Å². The lowest BCUT2D eigenvalue weighted by Crippen LogP contribution is -2.43. The van der Waals surface area contributed by atoms with E-state index in [2.05, 4.69) is 4.98 Å². The predicted molar refractivity (Wildman–Crippen MR) is 56.9 cm³/mol. The van der Waals surface area contributed by atoms with E-state index in [0.29, 0.717) is 0 Å². The summed E-state index contributed by atoms with van der Waals surface area (Å²) in [6.45, 7) is 0. The maximum absolute atomic E-state index is 11.9. The molecule has 0 atom stereocenters. The maximum Gasteiger partial charge on any atom is 0.339 e. The first-order valence-corrected chi connectivity index (χ1v) is 4.61. The fraction of sp³-hybridized carbons (Fsp3) is 0.222. The molecule has 0 spiro atoms. The van der Waals surface area contributed by atoms with Crippen LogP contribution in [0, 0.1) is 0 Å². The first-order valence-electron chi connectivity index (χ1n) is 4.61. The summed E-state index contributed by atoms with van der Waals surface area (Å²) in [6, 6.07) is 0. The molecular formula is C9H8N4O4. The van der Waals surface area contributed by atoms with Gasteiger partial charge in [-0.25, -0.2) is 9.78 Å².